The van der Waals surface area contributed by atoms with Crippen LogP contribution < -0.4 is 5.73 Å². The number of rotatable bonds is 3. The normalized spacial score (nSPS) is 21.9. The summed E-state index contributed by atoms with van der Waals surface area (Å²) in [6.45, 7) is 8.51. The Labute approximate surface area is 103 Å². The smallest absolute Gasteiger partial charge is 0.323 e. The van der Waals surface area contributed by atoms with Crippen LogP contribution in [0.3, 0.4) is 0 Å². The molecule has 100 valence electrons. The van der Waals surface area contributed by atoms with Gasteiger partial charge in [-0.2, -0.15) is 0 Å². The molecule has 1 heterocycles. The Morgan fingerprint density at radius 1 is 1.41 bits per heavy atom. The molecule has 0 amide bonds. The van der Waals surface area contributed by atoms with Crippen LogP contribution in [-0.4, -0.2) is 36.6 Å². The molecule has 0 spiro atoms. The molecule has 0 radical (unpaired) electrons. The third-order valence-corrected chi connectivity index (χ3v) is 2.40. The van der Waals surface area contributed by atoms with Crippen LogP contribution in [0.15, 0.2) is 0 Å². The van der Waals surface area contributed by atoms with Crippen molar-refractivity contribution < 1.29 is 19.0 Å². The number of carbonyl (C=O) groups excluding carboxylic acids is 1. The average Bonchev–Trinajstić information content (AvgIpc) is 2.15. The van der Waals surface area contributed by atoms with E-state index in [4.69, 9.17) is 19.9 Å². The van der Waals surface area contributed by atoms with Gasteiger partial charge in [0.1, 0.15) is 11.6 Å². The zero-order valence-corrected chi connectivity index (χ0v) is 11.1. The maximum Gasteiger partial charge on any atom is 0.323 e. The lowest BCUT2D eigenvalue weighted by atomic mass is 10.1. The van der Waals surface area contributed by atoms with Gasteiger partial charge < -0.3 is 19.9 Å². The lowest BCUT2D eigenvalue weighted by Crippen LogP contribution is -2.47. The largest absolute Gasteiger partial charge is 0.459 e. The van der Waals surface area contributed by atoms with Crippen LogP contribution in [0.25, 0.3) is 0 Å². The van der Waals surface area contributed by atoms with Gasteiger partial charge in [-0.05, 0) is 34.1 Å². The first-order valence-electron chi connectivity index (χ1n) is 5.98. The van der Waals surface area contributed by atoms with E-state index in [-0.39, 0.29) is 0 Å². The van der Waals surface area contributed by atoms with Crippen molar-refractivity contribution >= 4 is 5.97 Å². The summed E-state index contributed by atoms with van der Waals surface area (Å²) in [5.74, 6) is -1.19. The summed E-state index contributed by atoms with van der Waals surface area (Å²) in [4.78, 5) is 11.7. The van der Waals surface area contributed by atoms with E-state index in [2.05, 4.69) is 0 Å². The van der Waals surface area contributed by atoms with Gasteiger partial charge >= 0.3 is 5.97 Å². The molecule has 5 nitrogen and oxygen atoms in total. The summed E-state index contributed by atoms with van der Waals surface area (Å²) in [7, 11) is 0. The molecule has 17 heavy (non-hydrogen) atoms. The number of ether oxygens (including phenoxy) is 3. The molecule has 0 unspecified atom stereocenters. The minimum Gasteiger partial charge on any atom is -0.459 e. The van der Waals surface area contributed by atoms with Crippen LogP contribution in [0.2, 0.25) is 0 Å². The van der Waals surface area contributed by atoms with E-state index in [1.807, 2.05) is 20.8 Å². The van der Waals surface area contributed by atoms with Crippen molar-refractivity contribution in [2.45, 2.75) is 58.0 Å². The molecule has 0 aromatic heterocycles. The molecule has 1 aliphatic rings. The molecule has 0 saturated carbocycles. The molecule has 5 heteroatoms. The van der Waals surface area contributed by atoms with Crippen molar-refractivity contribution in [3.8, 4) is 0 Å². The Morgan fingerprint density at radius 2 is 1.94 bits per heavy atom. The van der Waals surface area contributed by atoms with Crippen LogP contribution in [-0.2, 0) is 19.0 Å². The van der Waals surface area contributed by atoms with Gasteiger partial charge in [0.05, 0.1) is 13.2 Å². The summed E-state index contributed by atoms with van der Waals surface area (Å²) in [5, 5.41) is 0. The molecule has 1 fully saturated rings. The lowest BCUT2D eigenvalue weighted by Gasteiger charge is -2.35. The van der Waals surface area contributed by atoms with E-state index in [9.17, 15) is 4.79 Å². The van der Waals surface area contributed by atoms with E-state index in [1.165, 1.54) is 0 Å². The molecule has 0 aromatic rings. The van der Waals surface area contributed by atoms with Gasteiger partial charge in [-0.25, -0.2) is 0 Å². The number of hydrogen-bond acceptors (Lipinski definition) is 5. The average molecular weight is 245 g/mol. The van der Waals surface area contributed by atoms with Crippen molar-refractivity contribution in [2.24, 2.45) is 5.73 Å². The summed E-state index contributed by atoms with van der Waals surface area (Å²) in [6, 6.07) is -0.725. The van der Waals surface area contributed by atoms with Crippen LogP contribution >= 0.6 is 0 Å². The third-order valence-electron chi connectivity index (χ3n) is 2.40. The SMILES string of the molecule is CC(C)(C)OC(=O)[C@@H](N)CC1(C)OCCCO1. The zero-order valence-electron chi connectivity index (χ0n) is 11.1. The van der Waals surface area contributed by atoms with Crippen molar-refractivity contribution in [1.82, 2.24) is 0 Å². The van der Waals surface area contributed by atoms with Crippen molar-refractivity contribution in [2.75, 3.05) is 13.2 Å². The number of hydrogen-bond donors (Lipinski definition) is 1. The molecular formula is C12H23NO4. The number of carbonyl (C=O) groups is 1. The van der Waals surface area contributed by atoms with E-state index in [0.717, 1.165) is 6.42 Å². The Bertz CT molecular complexity index is 266. The minimum atomic E-state index is -0.769. The molecule has 0 aromatic carbocycles. The second-order valence-corrected chi connectivity index (χ2v) is 5.53. The number of esters is 1. The molecular weight excluding hydrogens is 222 g/mol. The van der Waals surface area contributed by atoms with Crippen LogP contribution in [0.1, 0.15) is 40.5 Å². The summed E-state index contributed by atoms with van der Waals surface area (Å²) in [6.07, 6.45) is 1.18. The molecule has 0 bridgehead atoms. The summed E-state index contributed by atoms with van der Waals surface area (Å²) >= 11 is 0. The lowest BCUT2D eigenvalue weighted by molar-refractivity contribution is -0.261. The third kappa shape index (κ3) is 5.02. The van der Waals surface area contributed by atoms with Gasteiger partial charge in [0.2, 0.25) is 0 Å². The highest BCUT2D eigenvalue weighted by atomic mass is 16.7. The van der Waals surface area contributed by atoms with Crippen LogP contribution in [0, 0.1) is 0 Å². The number of nitrogens with two attached hydrogens (primary N) is 1. The molecule has 1 atom stereocenters. The fourth-order valence-electron chi connectivity index (χ4n) is 1.65. The van der Waals surface area contributed by atoms with Crippen molar-refractivity contribution in [3.63, 3.8) is 0 Å². The second-order valence-electron chi connectivity index (χ2n) is 5.53. The Balaban J connectivity index is 2.47. The van der Waals surface area contributed by atoms with Crippen LogP contribution in [0.4, 0.5) is 0 Å². The summed E-state index contributed by atoms with van der Waals surface area (Å²) in [5.41, 5.74) is 5.28. The molecule has 1 rings (SSSR count). The Hall–Kier alpha value is -0.650. The van der Waals surface area contributed by atoms with Gasteiger partial charge in [-0.1, -0.05) is 0 Å². The molecule has 1 saturated heterocycles. The highest BCUT2D eigenvalue weighted by Gasteiger charge is 2.35. The predicted octanol–water partition coefficient (Wildman–Crippen LogP) is 1.20. The zero-order chi connectivity index (χ0) is 13.1. The van der Waals surface area contributed by atoms with Crippen LogP contribution in [0.5, 0.6) is 0 Å². The van der Waals surface area contributed by atoms with E-state index in [0.29, 0.717) is 19.6 Å². The van der Waals surface area contributed by atoms with Crippen molar-refractivity contribution in [1.29, 1.82) is 0 Å². The van der Waals surface area contributed by atoms with Gasteiger partial charge in [-0.3, -0.25) is 4.79 Å². The minimum absolute atomic E-state index is 0.307. The fraction of sp³-hybridized carbons (Fsp3) is 0.917. The summed E-state index contributed by atoms with van der Waals surface area (Å²) < 4.78 is 16.2. The highest BCUT2D eigenvalue weighted by molar-refractivity contribution is 5.75. The fourth-order valence-corrected chi connectivity index (χ4v) is 1.65. The highest BCUT2D eigenvalue weighted by Crippen LogP contribution is 2.24. The Kier molecular flexibility index (Phi) is 4.52. The molecule has 0 aliphatic carbocycles. The maximum atomic E-state index is 11.7. The topological polar surface area (TPSA) is 70.8 Å². The first-order valence-corrected chi connectivity index (χ1v) is 5.98. The monoisotopic (exact) mass is 245 g/mol. The van der Waals surface area contributed by atoms with Gasteiger partial charge in [0, 0.05) is 6.42 Å². The van der Waals surface area contributed by atoms with E-state index < -0.39 is 23.4 Å². The van der Waals surface area contributed by atoms with Gasteiger partial charge in [0.25, 0.3) is 0 Å². The first kappa shape index (κ1) is 14.4. The van der Waals surface area contributed by atoms with Gasteiger partial charge in [0.15, 0.2) is 5.79 Å². The van der Waals surface area contributed by atoms with E-state index >= 15 is 0 Å². The predicted molar refractivity (Wildman–Crippen MR) is 63.4 cm³/mol. The maximum absolute atomic E-state index is 11.7. The van der Waals surface area contributed by atoms with Gasteiger partial charge in [-0.15, -0.1) is 0 Å². The standard InChI is InChI=1S/C12H23NO4/c1-11(2,3)17-10(14)9(13)8-12(4)15-6-5-7-16-12/h9H,5-8,13H2,1-4H3/t9-/m0/s1. The molecule has 2 N–H and O–H groups in total. The van der Waals surface area contributed by atoms with Crippen molar-refractivity contribution in [3.05, 3.63) is 0 Å². The second kappa shape index (κ2) is 5.33. The molecule has 1 aliphatic heterocycles. The first-order chi connectivity index (χ1) is 7.72. The van der Waals surface area contributed by atoms with E-state index in [1.54, 1.807) is 6.92 Å². The Morgan fingerprint density at radius 3 is 2.41 bits per heavy atom. The quantitative estimate of drug-likeness (QED) is 0.756.